The lowest BCUT2D eigenvalue weighted by molar-refractivity contribution is 0.0840. The van der Waals surface area contributed by atoms with Crippen molar-refractivity contribution in [1.29, 1.82) is 0 Å². The second-order valence-electron chi connectivity index (χ2n) is 10.7. The van der Waals surface area contributed by atoms with E-state index in [-0.39, 0.29) is 0 Å². The SMILES string of the molecule is CCO[Si](OCC)(OCC)c1c(F)c(F)c([B-](c2c(F)c(F)c(F)c(F)c2F)(c2c(F)c(F)c(F)c(F)c2F)c2c(F)c(F)c(F)c(F)c2F)c(F)c1F. The minimum atomic E-state index is -7.23. The molecule has 0 N–H and O–H groups in total. The molecule has 4 rings (SSSR count). The van der Waals surface area contributed by atoms with Crippen LogP contribution in [0.2, 0.25) is 0 Å². The van der Waals surface area contributed by atoms with Crippen LogP contribution in [0.4, 0.5) is 83.4 Å². The van der Waals surface area contributed by atoms with Gasteiger partial charge in [0, 0.05) is 19.8 Å². The van der Waals surface area contributed by atoms with E-state index in [9.17, 15) is 39.5 Å². The van der Waals surface area contributed by atoms with Crippen LogP contribution in [0.25, 0.3) is 0 Å². The second kappa shape index (κ2) is 15.1. The van der Waals surface area contributed by atoms with Gasteiger partial charge in [0.15, 0.2) is 64.0 Å². The van der Waals surface area contributed by atoms with Gasteiger partial charge < -0.3 is 13.3 Å². The molecular weight excluding hydrogens is 808 g/mol. The van der Waals surface area contributed by atoms with Crippen molar-refractivity contribution in [2.75, 3.05) is 19.8 Å². The molecule has 0 aliphatic carbocycles. The Morgan fingerprint density at radius 1 is 0.296 bits per heavy atom. The topological polar surface area (TPSA) is 27.7 Å². The number of hydrogen-bond acceptors (Lipinski definition) is 3. The van der Waals surface area contributed by atoms with Crippen LogP contribution in [0.5, 0.6) is 0 Å². The van der Waals surface area contributed by atoms with E-state index in [1.807, 2.05) is 0 Å². The molecule has 0 heterocycles. The van der Waals surface area contributed by atoms with Gasteiger partial charge in [-0.25, -0.2) is 83.4 Å². The fourth-order valence-electron chi connectivity index (χ4n) is 6.08. The summed E-state index contributed by atoms with van der Waals surface area (Å²) in [6, 6.07) is 0. The molecule has 0 aliphatic rings. The summed E-state index contributed by atoms with van der Waals surface area (Å²) in [6.45, 7) is 1.10. The zero-order valence-corrected chi connectivity index (χ0v) is 27.6. The normalized spacial score (nSPS) is 12.3. The monoisotopic (exact) mass is 823 g/mol. The summed E-state index contributed by atoms with van der Waals surface area (Å²) in [6.07, 6.45) is -7.23. The lowest BCUT2D eigenvalue weighted by Gasteiger charge is -2.45. The molecule has 0 bridgehead atoms. The summed E-state index contributed by atoms with van der Waals surface area (Å²) in [5.74, 6) is -66.2. The van der Waals surface area contributed by atoms with E-state index in [0.29, 0.717) is 0 Å². The zero-order chi connectivity index (χ0) is 41.1. The first-order valence-corrected chi connectivity index (χ1v) is 16.3. The molecule has 4 aromatic carbocycles. The Hall–Kier alpha value is -4.29. The van der Waals surface area contributed by atoms with Gasteiger partial charge in [-0.3, -0.25) is 0 Å². The Morgan fingerprint density at radius 2 is 0.463 bits per heavy atom. The van der Waals surface area contributed by atoms with Gasteiger partial charge in [0.25, 0.3) is 0 Å². The Morgan fingerprint density at radius 3 is 0.648 bits per heavy atom. The van der Waals surface area contributed by atoms with Crippen LogP contribution in [-0.2, 0) is 13.3 Å². The van der Waals surface area contributed by atoms with Gasteiger partial charge in [-0.05, 0) is 20.8 Å². The van der Waals surface area contributed by atoms with Gasteiger partial charge in [-0.1, -0.05) is 0 Å². The molecule has 0 aliphatic heterocycles. The van der Waals surface area contributed by atoms with Crippen molar-refractivity contribution in [2.24, 2.45) is 0 Å². The standard InChI is InChI=1S/C30H15BF19O3Si/c1-4-51-54(52-5-2,53-6-3)30-28(49)17(38)10(18(39)29(30)50)31(7-11(32)19(40)25(46)20(41)12(7)33,8-13(34)21(42)26(47)22(43)14(8)35)9-15(36)23(44)27(48)24(45)16(9)37/h4-6H2,1-3H3/q-1. The first-order valence-electron chi connectivity index (χ1n) is 14.6. The summed E-state index contributed by atoms with van der Waals surface area (Å²) < 4.78 is 309. The highest BCUT2D eigenvalue weighted by atomic mass is 28.4. The summed E-state index contributed by atoms with van der Waals surface area (Å²) in [7, 11) is -5.46. The van der Waals surface area contributed by atoms with Gasteiger partial charge in [0.2, 0.25) is 0 Å². The quantitative estimate of drug-likeness (QED) is 0.0810. The minimum Gasteiger partial charge on any atom is -0.370 e. The number of benzene rings is 4. The molecule has 0 atom stereocenters. The van der Waals surface area contributed by atoms with E-state index < -0.39 is 172 Å². The Kier molecular flexibility index (Phi) is 11.9. The molecule has 0 amide bonds. The first kappa shape index (κ1) is 42.5. The highest BCUT2D eigenvalue weighted by Crippen LogP contribution is 2.31. The summed E-state index contributed by atoms with van der Waals surface area (Å²) >= 11 is 0. The first-order chi connectivity index (χ1) is 25.1. The fraction of sp³-hybridized carbons (Fsp3) is 0.200. The van der Waals surface area contributed by atoms with Crippen molar-refractivity contribution in [3.8, 4) is 0 Å². The molecule has 0 saturated carbocycles. The average molecular weight is 823 g/mol. The maximum absolute atomic E-state index is 16.7. The van der Waals surface area contributed by atoms with Gasteiger partial charge in [0.1, 0.15) is 52.7 Å². The zero-order valence-electron chi connectivity index (χ0n) is 26.6. The molecule has 0 aromatic heterocycles. The van der Waals surface area contributed by atoms with Gasteiger partial charge in [0.05, 0.1) is 5.19 Å². The number of hydrogen-bond donors (Lipinski definition) is 0. The van der Waals surface area contributed by atoms with E-state index in [0.717, 1.165) is 20.8 Å². The van der Waals surface area contributed by atoms with Gasteiger partial charge in [-0.15, -0.1) is 21.9 Å². The van der Waals surface area contributed by atoms with E-state index in [4.69, 9.17) is 13.3 Å². The fourth-order valence-corrected chi connectivity index (χ4v) is 8.66. The van der Waals surface area contributed by atoms with E-state index in [1.54, 1.807) is 0 Å². The molecule has 0 radical (unpaired) electrons. The smallest absolute Gasteiger partial charge is 0.370 e. The lowest BCUT2D eigenvalue weighted by Crippen LogP contribution is -2.81. The van der Waals surface area contributed by atoms with Crippen LogP contribution in [-0.4, -0.2) is 34.8 Å². The minimum absolute atomic E-state index is 0.705. The van der Waals surface area contributed by atoms with Crippen molar-refractivity contribution >= 4 is 42.0 Å². The van der Waals surface area contributed by atoms with E-state index in [1.165, 1.54) is 0 Å². The third-order valence-electron chi connectivity index (χ3n) is 8.07. The largest absolute Gasteiger partial charge is 0.543 e. The average Bonchev–Trinajstić information content (AvgIpc) is 3.12. The van der Waals surface area contributed by atoms with Crippen molar-refractivity contribution < 1.29 is 96.7 Å². The third kappa shape index (κ3) is 5.82. The van der Waals surface area contributed by atoms with Crippen molar-refractivity contribution in [2.45, 2.75) is 20.8 Å². The van der Waals surface area contributed by atoms with E-state index in [2.05, 4.69) is 0 Å². The van der Waals surface area contributed by atoms with Crippen LogP contribution in [0.3, 0.4) is 0 Å². The third-order valence-corrected chi connectivity index (χ3v) is 11.1. The maximum Gasteiger partial charge on any atom is 0.543 e. The van der Waals surface area contributed by atoms with Crippen LogP contribution < -0.4 is 27.0 Å². The highest BCUT2D eigenvalue weighted by Gasteiger charge is 2.55. The molecule has 0 spiro atoms. The molecule has 0 saturated heterocycles. The van der Waals surface area contributed by atoms with Crippen LogP contribution >= 0.6 is 0 Å². The second-order valence-corrected chi connectivity index (χ2v) is 13.2. The molecule has 54 heavy (non-hydrogen) atoms. The number of halogens is 19. The van der Waals surface area contributed by atoms with Gasteiger partial charge >= 0.3 is 8.80 Å². The van der Waals surface area contributed by atoms with E-state index >= 15 is 43.9 Å². The van der Waals surface area contributed by atoms with Crippen LogP contribution in [0.1, 0.15) is 20.8 Å². The predicted octanol–water partition coefficient (Wildman–Crippen LogP) is 5.96. The summed E-state index contributed by atoms with van der Waals surface area (Å²) in [5, 5.41) is -2.14. The Balaban J connectivity index is 2.64. The number of rotatable bonds is 11. The van der Waals surface area contributed by atoms with Crippen molar-refractivity contribution in [1.82, 2.24) is 0 Å². The molecule has 294 valence electrons. The maximum atomic E-state index is 16.7. The lowest BCUT2D eigenvalue weighted by atomic mass is 9.12. The Labute approximate surface area is 290 Å². The molecule has 3 nitrogen and oxygen atoms in total. The van der Waals surface area contributed by atoms with Gasteiger partial charge in [-0.2, -0.15) is 0 Å². The van der Waals surface area contributed by atoms with Crippen molar-refractivity contribution in [3.05, 3.63) is 111 Å². The predicted molar refractivity (Wildman–Crippen MR) is 150 cm³/mol. The molecule has 0 fully saturated rings. The van der Waals surface area contributed by atoms with Crippen molar-refractivity contribution in [3.63, 3.8) is 0 Å². The summed E-state index contributed by atoms with van der Waals surface area (Å²) in [5.41, 5.74) is -14.0. The molecule has 4 aromatic rings. The molecular formula is C30H15BF19O3Si-. The molecule has 0 unspecified atom stereocenters. The Bertz CT molecular complexity index is 1900. The summed E-state index contributed by atoms with van der Waals surface area (Å²) in [4.78, 5) is 0. The highest BCUT2D eigenvalue weighted by molar-refractivity contribution is 7.20. The van der Waals surface area contributed by atoms with Crippen LogP contribution in [0.15, 0.2) is 0 Å². The molecule has 24 heteroatoms. The van der Waals surface area contributed by atoms with Crippen LogP contribution in [0, 0.1) is 111 Å².